The van der Waals surface area contributed by atoms with Crippen LogP contribution in [0.5, 0.6) is 5.88 Å². The lowest BCUT2D eigenvalue weighted by atomic mass is 10.2. The van der Waals surface area contributed by atoms with E-state index in [1.54, 1.807) is 12.1 Å². The quantitative estimate of drug-likeness (QED) is 0.904. The first kappa shape index (κ1) is 14.6. The molecule has 0 aliphatic heterocycles. The number of amides is 1. The number of rotatable bonds is 5. The number of carbonyl (C=O) groups is 1. The van der Waals surface area contributed by atoms with Gasteiger partial charge in [-0.3, -0.25) is 4.79 Å². The average Bonchev–Trinajstić information content (AvgIpc) is 3.11. The van der Waals surface area contributed by atoms with E-state index in [4.69, 9.17) is 0 Å². The normalized spacial score (nSPS) is 21.4. The highest BCUT2D eigenvalue weighted by atomic mass is 19.4. The lowest BCUT2D eigenvalue weighted by Gasteiger charge is -2.12. The zero-order valence-electron chi connectivity index (χ0n) is 10.9. The molecular weight excluding hydrogens is 273 g/mol. The van der Waals surface area contributed by atoms with Gasteiger partial charge in [0.2, 0.25) is 11.8 Å². The van der Waals surface area contributed by atoms with Gasteiger partial charge in [-0.05, 0) is 18.4 Å². The van der Waals surface area contributed by atoms with Crippen molar-refractivity contribution in [3.8, 4) is 5.88 Å². The van der Waals surface area contributed by atoms with Gasteiger partial charge in [0.25, 0.3) is 0 Å². The highest BCUT2D eigenvalue weighted by molar-refractivity contribution is 5.81. The molecule has 0 aromatic carbocycles. The third-order valence-corrected chi connectivity index (χ3v) is 3.12. The predicted octanol–water partition coefficient (Wildman–Crippen LogP) is 2.29. The fourth-order valence-corrected chi connectivity index (χ4v) is 1.84. The Bertz CT molecular complexity index is 491. The molecule has 1 aliphatic carbocycles. The molecule has 2 rings (SSSR count). The van der Waals surface area contributed by atoms with Crippen LogP contribution in [0.3, 0.4) is 0 Å². The summed E-state index contributed by atoms with van der Waals surface area (Å²) >= 11 is 0. The number of carbonyl (C=O) groups excluding carboxylic acids is 1. The molecule has 110 valence electrons. The van der Waals surface area contributed by atoms with Crippen molar-refractivity contribution in [2.45, 2.75) is 26.1 Å². The van der Waals surface area contributed by atoms with Crippen molar-refractivity contribution in [3.05, 3.63) is 23.9 Å². The molecule has 2 unspecified atom stereocenters. The summed E-state index contributed by atoms with van der Waals surface area (Å²) in [7, 11) is 0. The molecule has 0 saturated heterocycles. The molecule has 1 heterocycles. The van der Waals surface area contributed by atoms with E-state index >= 15 is 0 Å². The predicted molar refractivity (Wildman–Crippen MR) is 64.9 cm³/mol. The van der Waals surface area contributed by atoms with E-state index in [9.17, 15) is 18.0 Å². The van der Waals surface area contributed by atoms with Gasteiger partial charge < -0.3 is 10.1 Å². The molecule has 1 aliphatic rings. The Morgan fingerprint density at radius 1 is 1.55 bits per heavy atom. The molecule has 1 saturated carbocycles. The van der Waals surface area contributed by atoms with Crippen molar-refractivity contribution in [1.29, 1.82) is 0 Å². The molecule has 0 bridgehead atoms. The number of nitrogens with one attached hydrogen (secondary N) is 1. The number of nitrogens with zero attached hydrogens (tertiary/aromatic N) is 1. The largest absolute Gasteiger partial charge is 0.468 e. The summed E-state index contributed by atoms with van der Waals surface area (Å²) in [6.45, 7) is 0.694. The summed E-state index contributed by atoms with van der Waals surface area (Å²) in [5.41, 5.74) is 0.429. The first-order valence-corrected chi connectivity index (χ1v) is 6.28. The third kappa shape index (κ3) is 4.11. The molecule has 7 heteroatoms. The van der Waals surface area contributed by atoms with Gasteiger partial charge in [0.05, 0.1) is 0 Å². The van der Waals surface area contributed by atoms with Gasteiger partial charge in [-0.2, -0.15) is 13.2 Å². The van der Waals surface area contributed by atoms with E-state index in [1.807, 2.05) is 6.92 Å². The fraction of sp³-hybridized carbons (Fsp3) is 0.538. The lowest BCUT2D eigenvalue weighted by molar-refractivity contribution is -0.154. The monoisotopic (exact) mass is 288 g/mol. The number of halogens is 3. The number of aromatic nitrogens is 1. The van der Waals surface area contributed by atoms with Crippen LogP contribution in [0.15, 0.2) is 18.3 Å². The Hall–Kier alpha value is -1.79. The topological polar surface area (TPSA) is 51.2 Å². The smallest absolute Gasteiger partial charge is 0.422 e. The third-order valence-electron chi connectivity index (χ3n) is 3.12. The molecule has 1 fully saturated rings. The van der Waals surface area contributed by atoms with Gasteiger partial charge in [0.1, 0.15) is 0 Å². The maximum Gasteiger partial charge on any atom is 0.422 e. The van der Waals surface area contributed by atoms with Crippen LogP contribution in [0, 0.1) is 11.8 Å². The summed E-state index contributed by atoms with van der Waals surface area (Å²) < 4.78 is 41.0. The first-order chi connectivity index (χ1) is 9.37. The SMILES string of the molecule is CC1CC1C(=O)NCc1cccnc1OCC(F)(F)F. The van der Waals surface area contributed by atoms with Gasteiger partial charge in [0.15, 0.2) is 6.61 Å². The van der Waals surface area contributed by atoms with Crippen LogP contribution >= 0.6 is 0 Å². The van der Waals surface area contributed by atoms with Crippen molar-refractivity contribution in [1.82, 2.24) is 10.3 Å². The Balaban J connectivity index is 1.92. The van der Waals surface area contributed by atoms with Crippen molar-refractivity contribution in [2.24, 2.45) is 11.8 Å². The van der Waals surface area contributed by atoms with Gasteiger partial charge in [-0.15, -0.1) is 0 Å². The van der Waals surface area contributed by atoms with Crippen LogP contribution < -0.4 is 10.1 Å². The maximum absolute atomic E-state index is 12.1. The van der Waals surface area contributed by atoms with Gasteiger partial charge in [0, 0.05) is 24.2 Å². The molecule has 1 N–H and O–H groups in total. The van der Waals surface area contributed by atoms with E-state index in [2.05, 4.69) is 15.0 Å². The van der Waals surface area contributed by atoms with E-state index in [0.717, 1.165) is 6.42 Å². The molecule has 1 aromatic rings. The number of hydrogen-bond donors (Lipinski definition) is 1. The zero-order chi connectivity index (χ0) is 14.8. The standard InChI is InChI=1S/C13H15F3N2O2/c1-8-5-10(8)11(19)18-6-9-3-2-4-17-12(9)20-7-13(14,15)16/h2-4,8,10H,5-7H2,1H3,(H,18,19). The minimum atomic E-state index is -4.42. The van der Waals surface area contributed by atoms with E-state index in [-0.39, 0.29) is 24.2 Å². The van der Waals surface area contributed by atoms with Crippen LogP contribution in [0.1, 0.15) is 18.9 Å². The number of hydrogen-bond acceptors (Lipinski definition) is 3. The summed E-state index contributed by atoms with van der Waals surface area (Å²) in [5, 5.41) is 2.69. The van der Waals surface area contributed by atoms with Crippen molar-refractivity contribution in [3.63, 3.8) is 0 Å². The van der Waals surface area contributed by atoms with Crippen LogP contribution in [0.4, 0.5) is 13.2 Å². The minimum Gasteiger partial charge on any atom is -0.468 e. The molecule has 20 heavy (non-hydrogen) atoms. The second kappa shape index (κ2) is 5.68. The average molecular weight is 288 g/mol. The minimum absolute atomic E-state index is 0.0196. The maximum atomic E-state index is 12.1. The van der Waals surface area contributed by atoms with Crippen molar-refractivity contribution >= 4 is 5.91 Å². The van der Waals surface area contributed by atoms with Crippen LogP contribution in [0.25, 0.3) is 0 Å². The number of ether oxygens (including phenoxy) is 1. The molecule has 1 amide bonds. The second-order valence-corrected chi connectivity index (χ2v) is 4.91. The number of pyridine rings is 1. The molecule has 1 aromatic heterocycles. The highest BCUT2D eigenvalue weighted by Gasteiger charge is 2.38. The van der Waals surface area contributed by atoms with Crippen LogP contribution in [-0.4, -0.2) is 23.7 Å². The van der Waals surface area contributed by atoms with Gasteiger partial charge in [-0.25, -0.2) is 4.98 Å². The van der Waals surface area contributed by atoms with E-state index in [1.165, 1.54) is 6.20 Å². The van der Waals surface area contributed by atoms with E-state index in [0.29, 0.717) is 11.5 Å². The summed E-state index contributed by atoms with van der Waals surface area (Å²) in [4.78, 5) is 15.4. The molecule has 0 radical (unpaired) electrons. The van der Waals surface area contributed by atoms with Gasteiger partial charge in [-0.1, -0.05) is 13.0 Å². The Morgan fingerprint density at radius 3 is 2.85 bits per heavy atom. The fourth-order valence-electron chi connectivity index (χ4n) is 1.84. The molecule has 4 nitrogen and oxygen atoms in total. The van der Waals surface area contributed by atoms with E-state index < -0.39 is 12.8 Å². The zero-order valence-corrected chi connectivity index (χ0v) is 10.9. The summed E-state index contributed by atoms with van der Waals surface area (Å²) in [6, 6.07) is 3.16. The Labute approximate surface area is 114 Å². The Morgan fingerprint density at radius 2 is 2.25 bits per heavy atom. The number of alkyl halides is 3. The first-order valence-electron chi connectivity index (χ1n) is 6.28. The molecule has 0 spiro atoms. The van der Waals surface area contributed by atoms with Crippen LogP contribution in [-0.2, 0) is 11.3 Å². The van der Waals surface area contributed by atoms with Crippen molar-refractivity contribution in [2.75, 3.05) is 6.61 Å². The Kier molecular flexibility index (Phi) is 4.15. The van der Waals surface area contributed by atoms with Crippen molar-refractivity contribution < 1.29 is 22.7 Å². The second-order valence-electron chi connectivity index (χ2n) is 4.91. The van der Waals surface area contributed by atoms with Crippen LogP contribution in [0.2, 0.25) is 0 Å². The highest BCUT2D eigenvalue weighted by Crippen LogP contribution is 2.37. The summed E-state index contributed by atoms with van der Waals surface area (Å²) in [6.07, 6.45) is -2.21. The lowest BCUT2D eigenvalue weighted by Crippen LogP contribution is -2.26. The summed E-state index contributed by atoms with van der Waals surface area (Å²) in [5.74, 6) is 0.216. The molecule has 2 atom stereocenters. The molecular formula is C13H15F3N2O2. The van der Waals surface area contributed by atoms with Gasteiger partial charge >= 0.3 is 6.18 Å².